The smallest absolute Gasteiger partial charge is 0.0541 e. The summed E-state index contributed by atoms with van der Waals surface area (Å²) in [6.45, 7) is 3.49. The fourth-order valence-corrected chi connectivity index (χ4v) is 2.27. The first-order valence-corrected chi connectivity index (χ1v) is 8.14. The molecule has 4 nitrogen and oxygen atoms in total. The molecule has 0 spiro atoms. The highest BCUT2D eigenvalue weighted by atomic mass is 16.3. The van der Waals surface area contributed by atoms with Gasteiger partial charge in [-0.25, -0.2) is 0 Å². The summed E-state index contributed by atoms with van der Waals surface area (Å²) in [7, 11) is 0. The Morgan fingerprint density at radius 1 is 0.500 bits per heavy atom. The van der Waals surface area contributed by atoms with Gasteiger partial charge in [-0.15, -0.1) is 0 Å². The molecule has 0 aliphatic rings. The molecule has 0 fully saturated rings. The summed E-state index contributed by atoms with van der Waals surface area (Å²) >= 11 is 0. The van der Waals surface area contributed by atoms with Crippen molar-refractivity contribution in [3.8, 4) is 0 Å². The standard InChI is InChI=1S/C16H34O4/c1-13(17)9-11-15(19)7-5-3-4-6-8-16(20)12-10-14(2)18/h13-20H,3-12H2,1-2H3. The second-order valence-electron chi connectivity index (χ2n) is 6.15. The van der Waals surface area contributed by atoms with Gasteiger partial charge in [-0.05, 0) is 52.4 Å². The fraction of sp³-hybridized carbons (Fsp3) is 1.00. The van der Waals surface area contributed by atoms with E-state index in [0.717, 1.165) is 38.5 Å². The predicted molar refractivity (Wildman–Crippen MR) is 81.5 cm³/mol. The third-order valence-electron chi connectivity index (χ3n) is 3.66. The third kappa shape index (κ3) is 14.3. The van der Waals surface area contributed by atoms with Crippen LogP contribution in [-0.4, -0.2) is 44.8 Å². The molecule has 20 heavy (non-hydrogen) atoms. The molecule has 4 unspecified atom stereocenters. The van der Waals surface area contributed by atoms with Gasteiger partial charge in [-0.2, -0.15) is 0 Å². The van der Waals surface area contributed by atoms with E-state index in [1.807, 2.05) is 0 Å². The molecule has 4 atom stereocenters. The molecule has 0 bridgehead atoms. The molecule has 0 aliphatic carbocycles. The van der Waals surface area contributed by atoms with Crippen LogP contribution < -0.4 is 0 Å². The maximum atomic E-state index is 9.69. The van der Waals surface area contributed by atoms with E-state index in [1.54, 1.807) is 13.8 Å². The molecule has 0 aromatic heterocycles. The highest BCUT2D eigenvalue weighted by Crippen LogP contribution is 2.14. The molecule has 0 rings (SSSR count). The lowest BCUT2D eigenvalue weighted by Crippen LogP contribution is -2.11. The summed E-state index contributed by atoms with van der Waals surface area (Å²) in [6, 6.07) is 0. The summed E-state index contributed by atoms with van der Waals surface area (Å²) in [5.74, 6) is 0. The van der Waals surface area contributed by atoms with Crippen molar-refractivity contribution >= 4 is 0 Å². The van der Waals surface area contributed by atoms with Crippen LogP contribution in [0, 0.1) is 0 Å². The normalized spacial score (nSPS) is 17.7. The van der Waals surface area contributed by atoms with Crippen LogP contribution in [0.2, 0.25) is 0 Å². The zero-order valence-corrected chi connectivity index (χ0v) is 13.2. The van der Waals surface area contributed by atoms with E-state index >= 15 is 0 Å². The number of unbranched alkanes of at least 4 members (excludes halogenated alkanes) is 3. The van der Waals surface area contributed by atoms with Crippen LogP contribution in [0.15, 0.2) is 0 Å². The van der Waals surface area contributed by atoms with Gasteiger partial charge >= 0.3 is 0 Å². The third-order valence-corrected chi connectivity index (χ3v) is 3.66. The van der Waals surface area contributed by atoms with E-state index < -0.39 is 0 Å². The van der Waals surface area contributed by atoms with Crippen molar-refractivity contribution in [3.05, 3.63) is 0 Å². The Balaban J connectivity index is 3.31. The summed E-state index contributed by atoms with van der Waals surface area (Å²) in [5, 5.41) is 37.6. The molecule has 0 aliphatic heterocycles. The maximum Gasteiger partial charge on any atom is 0.0541 e. The fourth-order valence-electron chi connectivity index (χ4n) is 2.27. The zero-order valence-electron chi connectivity index (χ0n) is 13.2. The van der Waals surface area contributed by atoms with Gasteiger partial charge in [0.2, 0.25) is 0 Å². The number of aliphatic hydroxyl groups is 4. The average molecular weight is 290 g/mol. The largest absolute Gasteiger partial charge is 0.393 e. The van der Waals surface area contributed by atoms with Crippen LogP contribution in [0.25, 0.3) is 0 Å². The topological polar surface area (TPSA) is 80.9 Å². The Labute approximate surface area is 123 Å². The minimum Gasteiger partial charge on any atom is -0.393 e. The van der Waals surface area contributed by atoms with Crippen molar-refractivity contribution in [3.63, 3.8) is 0 Å². The van der Waals surface area contributed by atoms with E-state index in [4.69, 9.17) is 10.2 Å². The van der Waals surface area contributed by atoms with Crippen LogP contribution in [0.1, 0.15) is 78.1 Å². The molecule has 122 valence electrons. The number of rotatable bonds is 13. The minimum absolute atomic E-state index is 0.291. The van der Waals surface area contributed by atoms with Crippen LogP contribution in [-0.2, 0) is 0 Å². The van der Waals surface area contributed by atoms with Gasteiger partial charge in [-0.3, -0.25) is 0 Å². The van der Waals surface area contributed by atoms with Crippen molar-refractivity contribution in [2.75, 3.05) is 0 Å². The number of hydrogen-bond donors (Lipinski definition) is 4. The molecule has 0 amide bonds. The van der Waals surface area contributed by atoms with Gasteiger partial charge in [0.25, 0.3) is 0 Å². The number of aliphatic hydroxyl groups excluding tert-OH is 4. The van der Waals surface area contributed by atoms with Crippen LogP contribution >= 0.6 is 0 Å². The molecule has 0 aromatic carbocycles. The summed E-state index contributed by atoms with van der Waals surface area (Å²) in [4.78, 5) is 0. The Morgan fingerprint density at radius 2 is 0.850 bits per heavy atom. The molecule has 4 heteroatoms. The first-order chi connectivity index (χ1) is 9.41. The first kappa shape index (κ1) is 19.8. The summed E-state index contributed by atoms with van der Waals surface area (Å²) < 4.78 is 0. The van der Waals surface area contributed by atoms with Gasteiger partial charge in [-0.1, -0.05) is 25.7 Å². The molecule has 0 radical (unpaired) electrons. The SMILES string of the molecule is CC(O)CCC(O)CCCCCCC(O)CCC(C)O. The van der Waals surface area contributed by atoms with Gasteiger partial charge in [0.05, 0.1) is 24.4 Å². The van der Waals surface area contributed by atoms with Gasteiger partial charge in [0.1, 0.15) is 0 Å². The molecular weight excluding hydrogens is 256 g/mol. The van der Waals surface area contributed by atoms with Crippen LogP contribution in [0.5, 0.6) is 0 Å². The monoisotopic (exact) mass is 290 g/mol. The summed E-state index contributed by atoms with van der Waals surface area (Å²) in [5.41, 5.74) is 0. The van der Waals surface area contributed by atoms with Crippen LogP contribution in [0.4, 0.5) is 0 Å². The molecule has 4 N–H and O–H groups in total. The van der Waals surface area contributed by atoms with Gasteiger partial charge < -0.3 is 20.4 Å². The lowest BCUT2D eigenvalue weighted by molar-refractivity contribution is 0.112. The molecule has 0 heterocycles. The first-order valence-electron chi connectivity index (χ1n) is 8.14. The van der Waals surface area contributed by atoms with Crippen LogP contribution in [0.3, 0.4) is 0 Å². The Kier molecular flexibility index (Phi) is 12.5. The Hall–Kier alpha value is -0.160. The second kappa shape index (κ2) is 12.6. The Bertz CT molecular complexity index is 185. The highest BCUT2D eigenvalue weighted by molar-refractivity contribution is 4.61. The van der Waals surface area contributed by atoms with E-state index in [9.17, 15) is 10.2 Å². The lowest BCUT2D eigenvalue weighted by atomic mass is 10.0. The maximum absolute atomic E-state index is 9.69. The second-order valence-corrected chi connectivity index (χ2v) is 6.15. The molecule has 0 saturated carbocycles. The van der Waals surface area contributed by atoms with E-state index in [0.29, 0.717) is 25.7 Å². The van der Waals surface area contributed by atoms with E-state index in [1.165, 1.54) is 0 Å². The summed E-state index contributed by atoms with van der Waals surface area (Å²) in [6.07, 6.45) is 7.22. The quantitative estimate of drug-likeness (QED) is 0.393. The van der Waals surface area contributed by atoms with Crippen molar-refractivity contribution in [2.45, 2.75) is 102 Å². The van der Waals surface area contributed by atoms with Crippen molar-refractivity contribution in [1.82, 2.24) is 0 Å². The highest BCUT2D eigenvalue weighted by Gasteiger charge is 2.07. The van der Waals surface area contributed by atoms with E-state index in [2.05, 4.69) is 0 Å². The predicted octanol–water partition coefficient (Wildman–Crippen LogP) is 2.37. The Morgan fingerprint density at radius 3 is 1.15 bits per heavy atom. The van der Waals surface area contributed by atoms with Crippen molar-refractivity contribution in [2.24, 2.45) is 0 Å². The zero-order chi connectivity index (χ0) is 15.4. The minimum atomic E-state index is -0.326. The average Bonchev–Trinajstić information content (AvgIpc) is 2.37. The number of hydrogen-bond acceptors (Lipinski definition) is 4. The van der Waals surface area contributed by atoms with Crippen molar-refractivity contribution < 1.29 is 20.4 Å². The lowest BCUT2D eigenvalue weighted by Gasteiger charge is -2.12. The molecule has 0 saturated heterocycles. The molecule has 0 aromatic rings. The van der Waals surface area contributed by atoms with Crippen molar-refractivity contribution in [1.29, 1.82) is 0 Å². The van der Waals surface area contributed by atoms with Gasteiger partial charge in [0, 0.05) is 0 Å². The van der Waals surface area contributed by atoms with E-state index in [-0.39, 0.29) is 24.4 Å². The molecular formula is C16H34O4. The van der Waals surface area contributed by atoms with Gasteiger partial charge in [0.15, 0.2) is 0 Å².